The Bertz CT molecular complexity index is 590. The predicted octanol–water partition coefficient (Wildman–Crippen LogP) is 3.20. The molecule has 0 bridgehead atoms. The van der Waals surface area contributed by atoms with Gasteiger partial charge in [-0.2, -0.15) is 0 Å². The smallest absolute Gasteiger partial charge is 0.241 e. The van der Waals surface area contributed by atoms with Gasteiger partial charge in [0.25, 0.3) is 0 Å². The van der Waals surface area contributed by atoms with Crippen LogP contribution in [0.5, 0.6) is 11.5 Å². The van der Waals surface area contributed by atoms with Gasteiger partial charge in [-0.3, -0.25) is 4.79 Å². The fourth-order valence-corrected chi connectivity index (χ4v) is 3.59. The fourth-order valence-electron chi connectivity index (χ4n) is 3.59. The molecule has 0 radical (unpaired) electrons. The number of fused-ring (bicyclic) bond motifs is 1. The lowest BCUT2D eigenvalue weighted by atomic mass is 9.78. The van der Waals surface area contributed by atoms with Gasteiger partial charge in [-0.25, -0.2) is 0 Å². The largest absolute Gasteiger partial charge is 0.486 e. The highest BCUT2D eigenvalue weighted by Gasteiger charge is 2.29. The van der Waals surface area contributed by atoms with Gasteiger partial charge in [0.15, 0.2) is 11.5 Å². The quantitative estimate of drug-likeness (QED) is 0.889. The lowest BCUT2D eigenvalue weighted by Gasteiger charge is -2.36. The lowest BCUT2D eigenvalue weighted by molar-refractivity contribution is -0.118. The molecular weight excluding hydrogens is 304 g/mol. The number of nitrogens with one attached hydrogen (secondary N) is 2. The van der Waals surface area contributed by atoms with Crippen molar-refractivity contribution in [3.8, 4) is 11.5 Å². The molecule has 1 aromatic carbocycles. The Labute approximate surface area is 144 Å². The van der Waals surface area contributed by atoms with Crippen molar-refractivity contribution >= 4 is 11.6 Å². The van der Waals surface area contributed by atoms with Crippen LogP contribution in [-0.2, 0) is 4.79 Å². The van der Waals surface area contributed by atoms with E-state index in [1.54, 1.807) is 0 Å². The van der Waals surface area contributed by atoms with Crippen molar-refractivity contribution in [3.63, 3.8) is 0 Å². The topological polar surface area (TPSA) is 59.6 Å². The maximum Gasteiger partial charge on any atom is 0.241 e. The van der Waals surface area contributed by atoms with Crippen molar-refractivity contribution in [3.05, 3.63) is 18.2 Å². The third-order valence-electron chi connectivity index (χ3n) is 5.37. The Balaban J connectivity index is 1.58. The van der Waals surface area contributed by atoms with Crippen molar-refractivity contribution in [2.75, 3.05) is 18.5 Å². The van der Waals surface area contributed by atoms with E-state index in [1.807, 2.05) is 25.1 Å². The molecule has 2 N–H and O–H groups in total. The third-order valence-corrected chi connectivity index (χ3v) is 5.37. The zero-order valence-corrected chi connectivity index (χ0v) is 14.8. The van der Waals surface area contributed by atoms with Crippen molar-refractivity contribution in [2.45, 2.75) is 52.1 Å². The molecule has 0 aromatic heterocycles. The Kier molecular flexibility index (Phi) is 5.29. The Morgan fingerprint density at radius 2 is 1.92 bits per heavy atom. The number of anilines is 1. The summed E-state index contributed by atoms with van der Waals surface area (Å²) in [6.07, 6.45) is 3.67. The number of ether oxygens (including phenoxy) is 2. The second kappa shape index (κ2) is 7.43. The predicted molar refractivity (Wildman–Crippen MR) is 94.6 cm³/mol. The molecule has 1 aromatic rings. The monoisotopic (exact) mass is 332 g/mol. The summed E-state index contributed by atoms with van der Waals surface area (Å²) in [6.45, 7) is 7.63. The molecule has 132 valence electrons. The van der Waals surface area contributed by atoms with Crippen LogP contribution >= 0.6 is 0 Å². The van der Waals surface area contributed by atoms with Crippen molar-refractivity contribution in [1.82, 2.24) is 5.32 Å². The van der Waals surface area contributed by atoms with Crippen LogP contribution in [0.25, 0.3) is 0 Å². The van der Waals surface area contributed by atoms with Crippen LogP contribution in [0.4, 0.5) is 5.69 Å². The fraction of sp³-hybridized carbons (Fsp3) is 0.632. The first-order chi connectivity index (χ1) is 11.5. The highest BCUT2D eigenvalue weighted by molar-refractivity contribution is 5.94. The van der Waals surface area contributed by atoms with Gasteiger partial charge < -0.3 is 20.1 Å². The zero-order valence-electron chi connectivity index (χ0n) is 14.8. The second-order valence-corrected chi connectivity index (χ2v) is 7.11. The summed E-state index contributed by atoms with van der Waals surface area (Å²) in [6, 6.07) is 5.70. The summed E-state index contributed by atoms with van der Waals surface area (Å²) in [5.74, 6) is 2.72. The van der Waals surface area contributed by atoms with Crippen LogP contribution in [0, 0.1) is 11.8 Å². The molecule has 0 saturated heterocycles. The summed E-state index contributed by atoms with van der Waals surface area (Å²) in [5, 5.41) is 6.48. The first-order valence-corrected chi connectivity index (χ1v) is 9.01. The SMILES string of the molecule is C[C@@H]1[C@H](C)CCC[C@@H]1N[C@@H](C)C(=O)Nc1ccc2c(c1)OCCO2. The average molecular weight is 332 g/mol. The Hall–Kier alpha value is -1.75. The van der Waals surface area contributed by atoms with E-state index in [-0.39, 0.29) is 11.9 Å². The van der Waals surface area contributed by atoms with Gasteiger partial charge in [0.05, 0.1) is 6.04 Å². The van der Waals surface area contributed by atoms with E-state index < -0.39 is 0 Å². The van der Waals surface area contributed by atoms with E-state index in [2.05, 4.69) is 24.5 Å². The van der Waals surface area contributed by atoms with Crippen molar-refractivity contribution < 1.29 is 14.3 Å². The molecule has 5 heteroatoms. The van der Waals surface area contributed by atoms with Crippen LogP contribution in [0.1, 0.15) is 40.0 Å². The average Bonchev–Trinajstić information content (AvgIpc) is 2.58. The van der Waals surface area contributed by atoms with Crippen LogP contribution in [0.3, 0.4) is 0 Å². The highest BCUT2D eigenvalue weighted by Crippen LogP contribution is 2.33. The summed E-state index contributed by atoms with van der Waals surface area (Å²) < 4.78 is 11.1. The molecule has 1 heterocycles. The van der Waals surface area contributed by atoms with Gasteiger partial charge in [0.2, 0.25) is 5.91 Å². The van der Waals surface area contributed by atoms with Gasteiger partial charge in [-0.1, -0.05) is 26.7 Å². The van der Waals surface area contributed by atoms with E-state index >= 15 is 0 Å². The van der Waals surface area contributed by atoms with Crippen LogP contribution in [0.2, 0.25) is 0 Å². The third kappa shape index (κ3) is 3.83. The molecule has 1 fully saturated rings. The van der Waals surface area contributed by atoms with Crippen molar-refractivity contribution in [2.24, 2.45) is 11.8 Å². The van der Waals surface area contributed by atoms with Gasteiger partial charge in [0, 0.05) is 17.8 Å². The molecule has 4 atom stereocenters. The Morgan fingerprint density at radius 1 is 1.17 bits per heavy atom. The molecule has 1 amide bonds. The van der Waals surface area contributed by atoms with Gasteiger partial charge in [-0.15, -0.1) is 0 Å². The molecule has 3 rings (SSSR count). The van der Waals surface area contributed by atoms with Gasteiger partial charge in [0.1, 0.15) is 13.2 Å². The highest BCUT2D eigenvalue weighted by atomic mass is 16.6. The normalized spacial score (nSPS) is 27.4. The van der Waals surface area contributed by atoms with E-state index in [0.717, 1.165) is 17.9 Å². The summed E-state index contributed by atoms with van der Waals surface area (Å²) in [5.41, 5.74) is 0.739. The zero-order chi connectivity index (χ0) is 17.1. The molecular formula is C19H28N2O3. The minimum atomic E-state index is -0.226. The van der Waals surface area contributed by atoms with E-state index in [1.165, 1.54) is 12.8 Å². The number of carbonyl (C=O) groups is 1. The molecule has 1 aliphatic heterocycles. The van der Waals surface area contributed by atoms with E-state index in [0.29, 0.717) is 36.8 Å². The number of rotatable bonds is 4. The van der Waals surface area contributed by atoms with Gasteiger partial charge in [-0.05, 0) is 37.3 Å². The molecule has 1 aliphatic carbocycles. The van der Waals surface area contributed by atoms with Crippen molar-refractivity contribution in [1.29, 1.82) is 0 Å². The minimum absolute atomic E-state index is 0.0166. The molecule has 0 spiro atoms. The van der Waals surface area contributed by atoms with Crippen LogP contribution < -0.4 is 20.1 Å². The number of benzene rings is 1. The summed E-state index contributed by atoms with van der Waals surface area (Å²) in [4.78, 5) is 12.5. The summed E-state index contributed by atoms with van der Waals surface area (Å²) >= 11 is 0. The maximum absolute atomic E-state index is 12.5. The molecule has 24 heavy (non-hydrogen) atoms. The van der Waals surface area contributed by atoms with E-state index in [4.69, 9.17) is 9.47 Å². The number of hydrogen-bond acceptors (Lipinski definition) is 4. The maximum atomic E-state index is 12.5. The second-order valence-electron chi connectivity index (χ2n) is 7.11. The molecule has 2 aliphatic rings. The van der Waals surface area contributed by atoms with E-state index in [9.17, 15) is 4.79 Å². The number of amides is 1. The lowest BCUT2D eigenvalue weighted by Crippen LogP contribution is -2.49. The molecule has 1 saturated carbocycles. The first-order valence-electron chi connectivity index (χ1n) is 9.01. The number of hydrogen-bond donors (Lipinski definition) is 2. The minimum Gasteiger partial charge on any atom is -0.486 e. The molecule has 0 unspecified atom stereocenters. The Morgan fingerprint density at radius 3 is 2.71 bits per heavy atom. The van der Waals surface area contributed by atoms with Gasteiger partial charge >= 0.3 is 0 Å². The standard InChI is InChI=1S/C19H28N2O3/c1-12-5-4-6-16(13(12)2)20-14(3)19(22)21-15-7-8-17-18(11-15)24-10-9-23-17/h7-8,11-14,16,20H,4-6,9-10H2,1-3H3,(H,21,22)/t12-,13-,14+,16+/m1/s1. The summed E-state index contributed by atoms with van der Waals surface area (Å²) in [7, 11) is 0. The molecule has 5 nitrogen and oxygen atoms in total. The van der Waals surface area contributed by atoms with Crippen LogP contribution in [0.15, 0.2) is 18.2 Å². The first kappa shape index (κ1) is 17.1. The number of carbonyl (C=O) groups excluding carboxylic acids is 1. The van der Waals surface area contributed by atoms with Crippen LogP contribution in [-0.4, -0.2) is 31.2 Å².